The van der Waals surface area contributed by atoms with Gasteiger partial charge >= 0.3 is 7.60 Å². The van der Waals surface area contributed by atoms with Crippen molar-refractivity contribution in [2.45, 2.75) is 58.0 Å². The van der Waals surface area contributed by atoms with E-state index in [4.69, 9.17) is 28.0 Å². The van der Waals surface area contributed by atoms with Crippen LogP contribution in [-0.2, 0) is 32.6 Å². The predicted octanol–water partition coefficient (Wildman–Crippen LogP) is 4.15. The van der Waals surface area contributed by atoms with Gasteiger partial charge in [0.1, 0.15) is 42.2 Å². The summed E-state index contributed by atoms with van der Waals surface area (Å²) >= 11 is 0. The summed E-state index contributed by atoms with van der Waals surface area (Å²) in [4.78, 5) is 13.6. The molecule has 3 aromatic rings. The molecule has 0 aliphatic carbocycles. The number of fused-ring (bicyclic) bond motifs is 2. The molecule has 0 amide bonds. The van der Waals surface area contributed by atoms with E-state index in [1.807, 2.05) is 48.7 Å². The lowest BCUT2D eigenvalue weighted by atomic mass is 10.1. The fourth-order valence-electron chi connectivity index (χ4n) is 4.65. The van der Waals surface area contributed by atoms with Crippen LogP contribution in [0.15, 0.2) is 43.0 Å². The summed E-state index contributed by atoms with van der Waals surface area (Å²) in [7, 11) is -3.34. The molecule has 2 aromatic heterocycles. The van der Waals surface area contributed by atoms with Gasteiger partial charge in [-0.2, -0.15) is 0 Å². The summed E-state index contributed by atoms with van der Waals surface area (Å²) in [6, 6.07) is 9.83. The van der Waals surface area contributed by atoms with Crippen LogP contribution in [0, 0.1) is 0 Å². The van der Waals surface area contributed by atoms with Crippen LogP contribution in [0.2, 0.25) is 0 Å². The topological polar surface area (TPSA) is 116 Å². The highest BCUT2D eigenvalue weighted by Gasteiger charge is 2.56. The third kappa shape index (κ3) is 4.97. The summed E-state index contributed by atoms with van der Waals surface area (Å²) < 4.78 is 49.8. The van der Waals surface area contributed by atoms with E-state index in [0.717, 1.165) is 11.3 Å². The zero-order valence-electron chi connectivity index (χ0n) is 20.8. The van der Waals surface area contributed by atoms with Crippen molar-refractivity contribution in [3.05, 3.63) is 43.0 Å². The molecule has 11 nitrogen and oxygen atoms in total. The average molecular weight is 519 g/mol. The van der Waals surface area contributed by atoms with Gasteiger partial charge in [0, 0.05) is 5.56 Å². The molecule has 2 fully saturated rings. The summed E-state index contributed by atoms with van der Waals surface area (Å²) in [5, 5.41) is 0. The van der Waals surface area contributed by atoms with Crippen LogP contribution in [0.25, 0.3) is 22.4 Å². The van der Waals surface area contributed by atoms with Gasteiger partial charge in [0.05, 0.1) is 26.1 Å². The molecule has 2 aliphatic heterocycles. The highest BCUT2D eigenvalue weighted by Crippen LogP contribution is 2.49. The first-order valence-corrected chi connectivity index (χ1v) is 13.8. The summed E-state index contributed by atoms with van der Waals surface area (Å²) in [5.41, 5.74) is 2.97. The van der Waals surface area contributed by atoms with Gasteiger partial charge in [0.25, 0.3) is 0 Å². The molecule has 4 heterocycles. The maximum absolute atomic E-state index is 12.8. The Balaban J connectivity index is 1.39. The van der Waals surface area contributed by atoms with Crippen LogP contribution in [0.5, 0.6) is 0 Å². The van der Waals surface area contributed by atoms with Gasteiger partial charge in [-0.15, -0.1) is 0 Å². The molecule has 194 valence electrons. The largest absolute Gasteiger partial charge is 0.366 e. The van der Waals surface area contributed by atoms with Crippen LogP contribution >= 0.6 is 7.60 Å². The third-order valence-corrected chi connectivity index (χ3v) is 7.79. The molecule has 0 saturated carbocycles. The van der Waals surface area contributed by atoms with Crippen molar-refractivity contribution in [1.82, 2.24) is 19.5 Å². The second-order valence-electron chi connectivity index (χ2n) is 8.99. The van der Waals surface area contributed by atoms with E-state index >= 15 is 0 Å². The Morgan fingerprint density at radius 1 is 1.03 bits per heavy atom. The maximum Gasteiger partial charge on any atom is 0.356 e. The number of hydrogen-bond donors (Lipinski definition) is 0. The smallest absolute Gasteiger partial charge is 0.356 e. The molecular formula is C24H31N4O7P. The lowest BCUT2D eigenvalue weighted by Crippen LogP contribution is -2.33. The van der Waals surface area contributed by atoms with E-state index in [-0.39, 0.29) is 26.2 Å². The van der Waals surface area contributed by atoms with Gasteiger partial charge in [-0.3, -0.25) is 9.13 Å². The molecule has 0 radical (unpaired) electrons. The molecule has 12 heteroatoms. The molecule has 5 rings (SSSR count). The van der Waals surface area contributed by atoms with E-state index in [9.17, 15) is 4.57 Å². The molecule has 2 saturated heterocycles. The fraction of sp³-hybridized carbons (Fsp3) is 0.542. The van der Waals surface area contributed by atoms with Gasteiger partial charge in [-0.25, -0.2) is 15.0 Å². The summed E-state index contributed by atoms with van der Waals surface area (Å²) in [5.74, 6) is -0.803. The normalized spacial score (nSPS) is 25.4. The van der Waals surface area contributed by atoms with E-state index < -0.39 is 37.9 Å². The Morgan fingerprint density at radius 3 is 2.47 bits per heavy atom. The first-order valence-electron chi connectivity index (χ1n) is 12.0. The highest BCUT2D eigenvalue weighted by atomic mass is 31.2. The fourth-order valence-corrected chi connectivity index (χ4v) is 5.99. The minimum atomic E-state index is -3.34. The second-order valence-corrected chi connectivity index (χ2v) is 11.0. The standard InChI is InChI=1S/C24H31N4O7P/c1-5-31-36(29,32-6-2)15-30-12-17-20-21(35-24(3,4)34-20)23(33-17)28-14-27-19-18(25-13-26-22(19)28)16-10-8-7-9-11-16/h7-11,13-14,17,20-21,23H,5-6,12,15H2,1-4H3/t17-,20-,21-,23-/m1/s1. The number of aromatic nitrogens is 4. The lowest BCUT2D eigenvalue weighted by molar-refractivity contribution is -0.201. The minimum absolute atomic E-state index is 0.123. The van der Waals surface area contributed by atoms with Crippen LogP contribution in [-0.4, -0.2) is 69.8 Å². The molecule has 0 bridgehead atoms. The molecule has 0 N–H and O–H groups in total. The molecule has 0 spiro atoms. The van der Waals surface area contributed by atoms with Gasteiger partial charge < -0.3 is 28.0 Å². The van der Waals surface area contributed by atoms with Gasteiger partial charge in [-0.05, 0) is 27.7 Å². The van der Waals surface area contributed by atoms with Crippen molar-refractivity contribution in [2.75, 3.05) is 26.2 Å². The van der Waals surface area contributed by atoms with Gasteiger partial charge in [-0.1, -0.05) is 30.3 Å². The number of benzene rings is 1. The first-order chi connectivity index (χ1) is 17.3. The van der Waals surface area contributed by atoms with Crippen molar-refractivity contribution in [3.63, 3.8) is 0 Å². The van der Waals surface area contributed by atoms with Crippen molar-refractivity contribution in [1.29, 1.82) is 0 Å². The van der Waals surface area contributed by atoms with E-state index in [1.165, 1.54) is 6.33 Å². The molecule has 2 aliphatic rings. The molecule has 0 unspecified atom stereocenters. The zero-order chi connectivity index (χ0) is 25.3. The van der Waals surface area contributed by atoms with E-state index in [0.29, 0.717) is 11.2 Å². The summed E-state index contributed by atoms with van der Waals surface area (Å²) in [6.45, 7) is 7.89. The van der Waals surface area contributed by atoms with E-state index in [1.54, 1.807) is 20.2 Å². The second kappa shape index (κ2) is 10.3. The van der Waals surface area contributed by atoms with Crippen molar-refractivity contribution in [3.8, 4) is 11.3 Å². The van der Waals surface area contributed by atoms with Crippen molar-refractivity contribution >= 4 is 18.8 Å². The molecule has 1 aromatic carbocycles. The summed E-state index contributed by atoms with van der Waals surface area (Å²) in [6.07, 6.45) is 1.16. The first kappa shape index (κ1) is 25.4. The van der Waals surface area contributed by atoms with Crippen molar-refractivity contribution < 1.29 is 32.6 Å². The predicted molar refractivity (Wildman–Crippen MR) is 130 cm³/mol. The Kier molecular flexibility index (Phi) is 7.24. The van der Waals surface area contributed by atoms with Crippen molar-refractivity contribution in [2.24, 2.45) is 0 Å². The van der Waals surface area contributed by atoms with Gasteiger partial charge in [0.15, 0.2) is 17.7 Å². The van der Waals surface area contributed by atoms with Crippen LogP contribution in [0.4, 0.5) is 0 Å². The van der Waals surface area contributed by atoms with Crippen LogP contribution < -0.4 is 0 Å². The van der Waals surface area contributed by atoms with Gasteiger partial charge in [0.2, 0.25) is 0 Å². The minimum Gasteiger partial charge on any atom is -0.366 e. The van der Waals surface area contributed by atoms with Crippen LogP contribution in [0.1, 0.15) is 33.9 Å². The number of imidazole rings is 1. The number of nitrogens with zero attached hydrogens (tertiary/aromatic N) is 4. The Morgan fingerprint density at radius 2 is 1.75 bits per heavy atom. The monoisotopic (exact) mass is 518 g/mol. The van der Waals surface area contributed by atoms with Crippen LogP contribution in [0.3, 0.4) is 0 Å². The lowest BCUT2D eigenvalue weighted by Gasteiger charge is -2.25. The molecule has 36 heavy (non-hydrogen) atoms. The Bertz CT molecular complexity index is 1230. The Hall–Kier alpha value is -2.24. The zero-order valence-corrected chi connectivity index (χ0v) is 21.7. The highest BCUT2D eigenvalue weighted by molar-refractivity contribution is 7.53. The Labute approximate surface area is 209 Å². The SMILES string of the molecule is CCOP(=O)(COC[C@H]1O[C@@H](n2cnc3c(-c4ccccc4)ncnc32)[C@@H]2OC(C)(C)O[C@@H]21)OCC. The van der Waals surface area contributed by atoms with E-state index in [2.05, 4.69) is 15.0 Å². The maximum atomic E-state index is 12.8. The number of rotatable bonds is 10. The third-order valence-electron chi connectivity index (χ3n) is 5.99. The number of hydrogen-bond acceptors (Lipinski definition) is 10. The average Bonchev–Trinajstić information content (AvgIpc) is 3.51. The molecular weight excluding hydrogens is 487 g/mol. The quantitative estimate of drug-likeness (QED) is 0.362. The molecule has 4 atom stereocenters. The number of ether oxygens (including phenoxy) is 4.